The van der Waals surface area contributed by atoms with Crippen molar-refractivity contribution in [2.45, 2.75) is 13.1 Å². The van der Waals surface area contributed by atoms with Crippen LogP contribution < -0.4 is 15.4 Å². The molecular formula is C14H13F2N5O3. The first-order chi connectivity index (χ1) is 11.5. The van der Waals surface area contributed by atoms with Crippen LogP contribution in [0.1, 0.15) is 26.8 Å². The fourth-order valence-corrected chi connectivity index (χ4v) is 2.36. The minimum Gasteiger partial charge on any atom is -0.497 e. The predicted octanol–water partition coefficient (Wildman–Crippen LogP) is 0.238. The average molecular weight is 337 g/mol. The Bertz CT molecular complexity index is 798. The monoisotopic (exact) mass is 337 g/mol. The van der Waals surface area contributed by atoms with E-state index in [4.69, 9.17) is 4.74 Å². The summed E-state index contributed by atoms with van der Waals surface area (Å²) in [6, 6.07) is 1.84. The molecule has 0 saturated carbocycles. The Balaban J connectivity index is 1.76. The van der Waals surface area contributed by atoms with Gasteiger partial charge in [0.2, 0.25) is 5.82 Å². The minimum absolute atomic E-state index is 0.0286. The first-order valence-corrected chi connectivity index (χ1v) is 7.02. The molecule has 1 aliphatic rings. The van der Waals surface area contributed by atoms with E-state index in [-0.39, 0.29) is 24.0 Å². The van der Waals surface area contributed by atoms with Gasteiger partial charge in [-0.2, -0.15) is 0 Å². The van der Waals surface area contributed by atoms with E-state index in [1.165, 1.54) is 7.11 Å². The van der Waals surface area contributed by atoms with Gasteiger partial charge < -0.3 is 19.9 Å². The molecular weight excluding hydrogens is 324 g/mol. The van der Waals surface area contributed by atoms with Crippen molar-refractivity contribution in [2.75, 3.05) is 13.7 Å². The summed E-state index contributed by atoms with van der Waals surface area (Å²) in [7, 11) is 1.26. The number of ether oxygens (including phenoxy) is 1. The fourth-order valence-electron chi connectivity index (χ4n) is 2.36. The third kappa shape index (κ3) is 2.77. The van der Waals surface area contributed by atoms with E-state index in [2.05, 4.69) is 20.8 Å². The van der Waals surface area contributed by atoms with Gasteiger partial charge in [-0.3, -0.25) is 9.59 Å². The molecule has 0 atom stereocenters. The number of hydrogen-bond acceptors (Lipinski definition) is 5. The lowest BCUT2D eigenvalue weighted by Crippen LogP contribution is -2.37. The number of halogens is 2. The third-order valence-corrected chi connectivity index (χ3v) is 3.54. The zero-order valence-electron chi connectivity index (χ0n) is 12.6. The molecule has 1 aromatic carbocycles. The molecule has 8 nitrogen and oxygen atoms in total. The molecule has 0 aliphatic carbocycles. The van der Waals surface area contributed by atoms with Gasteiger partial charge in [-0.1, -0.05) is 0 Å². The molecule has 24 heavy (non-hydrogen) atoms. The molecule has 1 aromatic heterocycles. The average Bonchev–Trinajstić information content (AvgIpc) is 2.96. The van der Waals surface area contributed by atoms with Crippen molar-refractivity contribution < 1.29 is 23.1 Å². The summed E-state index contributed by atoms with van der Waals surface area (Å²) in [6.07, 6.45) is 0. The van der Waals surface area contributed by atoms with Gasteiger partial charge in [0, 0.05) is 25.2 Å². The molecule has 0 unspecified atom stereocenters. The number of methoxy groups -OCH3 is 1. The highest BCUT2D eigenvalue weighted by Gasteiger charge is 2.24. The predicted molar refractivity (Wildman–Crippen MR) is 76.4 cm³/mol. The zero-order chi connectivity index (χ0) is 17.3. The lowest BCUT2D eigenvalue weighted by atomic mass is 10.1. The van der Waals surface area contributed by atoms with Gasteiger partial charge in [-0.05, 0) is 0 Å². The van der Waals surface area contributed by atoms with Crippen molar-refractivity contribution >= 4 is 11.8 Å². The van der Waals surface area contributed by atoms with E-state index in [9.17, 15) is 18.4 Å². The van der Waals surface area contributed by atoms with Crippen molar-refractivity contribution in [1.82, 2.24) is 25.4 Å². The van der Waals surface area contributed by atoms with Gasteiger partial charge in [-0.25, -0.2) is 8.78 Å². The summed E-state index contributed by atoms with van der Waals surface area (Å²) in [5, 5.41) is 12.5. The van der Waals surface area contributed by atoms with Crippen LogP contribution in [0, 0.1) is 11.6 Å². The van der Waals surface area contributed by atoms with Crippen LogP contribution in [0.5, 0.6) is 5.75 Å². The van der Waals surface area contributed by atoms with E-state index in [0.717, 1.165) is 12.1 Å². The number of hydrogen-bond donors (Lipinski definition) is 2. The Morgan fingerprint density at radius 1 is 1.38 bits per heavy atom. The highest BCUT2D eigenvalue weighted by molar-refractivity contribution is 5.95. The van der Waals surface area contributed by atoms with Gasteiger partial charge in [0.05, 0.1) is 13.7 Å². The summed E-state index contributed by atoms with van der Waals surface area (Å²) in [6.45, 7) is 0.737. The molecule has 3 rings (SSSR count). The lowest BCUT2D eigenvalue weighted by molar-refractivity contribution is 0.0920. The van der Waals surface area contributed by atoms with E-state index in [0.29, 0.717) is 18.9 Å². The van der Waals surface area contributed by atoms with Crippen LogP contribution in [0.3, 0.4) is 0 Å². The molecule has 2 heterocycles. The van der Waals surface area contributed by atoms with Gasteiger partial charge in [-0.15, -0.1) is 10.2 Å². The molecule has 10 heteroatoms. The van der Waals surface area contributed by atoms with Gasteiger partial charge in [0.15, 0.2) is 5.82 Å². The maximum Gasteiger partial charge on any atom is 0.289 e. The number of carbonyl (C=O) groups is 2. The van der Waals surface area contributed by atoms with Crippen LogP contribution in [0.2, 0.25) is 0 Å². The molecule has 0 spiro atoms. The standard InChI is InChI=1S/C14H13F2N5O3/c1-24-7-4-8(15)11(9(16)5-7)13(22)18-6-10-19-20-12-14(23)17-2-3-21(10)12/h4-5H,2-3,6H2,1H3,(H,17,23)(H,18,22). The molecule has 0 saturated heterocycles. The Morgan fingerprint density at radius 2 is 2.08 bits per heavy atom. The molecule has 1 aliphatic heterocycles. The Morgan fingerprint density at radius 3 is 2.75 bits per heavy atom. The van der Waals surface area contributed by atoms with Crippen molar-refractivity contribution in [3.05, 3.63) is 41.0 Å². The smallest absolute Gasteiger partial charge is 0.289 e. The van der Waals surface area contributed by atoms with E-state index < -0.39 is 23.1 Å². The fraction of sp³-hybridized carbons (Fsp3) is 0.286. The minimum atomic E-state index is -1.04. The summed E-state index contributed by atoms with van der Waals surface area (Å²) < 4.78 is 34.0. The summed E-state index contributed by atoms with van der Waals surface area (Å²) in [5.74, 6) is -2.95. The molecule has 126 valence electrons. The van der Waals surface area contributed by atoms with Crippen molar-refractivity contribution in [1.29, 1.82) is 0 Å². The van der Waals surface area contributed by atoms with Crippen LogP contribution in [-0.4, -0.2) is 40.2 Å². The molecule has 0 bridgehead atoms. The van der Waals surface area contributed by atoms with E-state index >= 15 is 0 Å². The molecule has 2 N–H and O–H groups in total. The number of rotatable bonds is 4. The summed E-state index contributed by atoms with van der Waals surface area (Å²) in [5.41, 5.74) is -0.716. The summed E-state index contributed by atoms with van der Waals surface area (Å²) in [4.78, 5) is 23.6. The SMILES string of the molecule is COc1cc(F)c(C(=O)NCc2nnc3n2CCNC3=O)c(F)c1. The summed E-state index contributed by atoms with van der Waals surface area (Å²) >= 11 is 0. The second-order valence-electron chi connectivity index (χ2n) is 5.00. The molecule has 0 radical (unpaired) electrons. The van der Waals surface area contributed by atoms with Gasteiger partial charge >= 0.3 is 0 Å². The van der Waals surface area contributed by atoms with Crippen LogP contribution in [0.4, 0.5) is 8.78 Å². The van der Waals surface area contributed by atoms with Crippen LogP contribution in [0.25, 0.3) is 0 Å². The quantitative estimate of drug-likeness (QED) is 0.833. The number of carbonyl (C=O) groups excluding carboxylic acids is 2. The Kier molecular flexibility index (Phi) is 4.11. The highest BCUT2D eigenvalue weighted by atomic mass is 19.1. The van der Waals surface area contributed by atoms with Crippen LogP contribution in [0.15, 0.2) is 12.1 Å². The molecule has 2 aromatic rings. The number of nitrogens with one attached hydrogen (secondary N) is 2. The van der Waals surface area contributed by atoms with Crippen molar-refractivity contribution in [3.8, 4) is 5.75 Å². The second-order valence-corrected chi connectivity index (χ2v) is 5.00. The highest BCUT2D eigenvalue weighted by Crippen LogP contribution is 2.20. The maximum absolute atomic E-state index is 13.9. The number of amides is 2. The van der Waals surface area contributed by atoms with Crippen molar-refractivity contribution in [3.63, 3.8) is 0 Å². The topological polar surface area (TPSA) is 98.1 Å². The number of nitrogens with zero attached hydrogens (tertiary/aromatic N) is 3. The van der Waals surface area contributed by atoms with Crippen LogP contribution >= 0.6 is 0 Å². The molecule has 0 fully saturated rings. The Labute approximate surface area is 134 Å². The number of benzene rings is 1. The van der Waals surface area contributed by atoms with Crippen molar-refractivity contribution in [2.24, 2.45) is 0 Å². The Hall–Kier alpha value is -3.04. The van der Waals surface area contributed by atoms with Crippen LogP contribution in [-0.2, 0) is 13.1 Å². The van der Waals surface area contributed by atoms with E-state index in [1.807, 2.05) is 0 Å². The zero-order valence-corrected chi connectivity index (χ0v) is 12.6. The van der Waals surface area contributed by atoms with Gasteiger partial charge in [0.1, 0.15) is 22.9 Å². The first-order valence-electron chi connectivity index (χ1n) is 7.02. The van der Waals surface area contributed by atoms with Gasteiger partial charge in [0.25, 0.3) is 11.8 Å². The maximum atomic E-state index is 13.9. The number of aromatic nitrogens is 3. The second kappa shape index (κ2) is 6.22. The lowest BCUT2D eigenvalue weighted by Gasteiger charge is -2.15. The largest absolute Gasteiger partial charge is 0.497 e. The molecule has 2 amide bonds. The third-order valence-electron chi connectivity index (χ3n) is 3.54. The number of fused-ring (bicyclic) bond motifs is 1. The normalized spacial score (nSPS) is 13.2. The van der Waals surface area contributed by atoms with E-state index in [1.54, 1.807) is 4.57 Å². The first kappa shape index (κ1) is 15.8.